The molecule has 0 bridgehead atoms. The number of benzene rings is 2. The number of ether oxygens (including phenoxy) is 1. The standard InChI is InChI=1S/C18H16N2OS/c1-21-17-9-5-4-8-15(17)20-18-12-6-2-3-7-14(12)19-16-11-22-10-13(16)18/h2-9H,10-11H2,1H3,(H,19,20). The largest absolute Gasteiger partial charge is 0.495 e. The number of methoxy groups -OCH3 is 1. The Labute approximate surface area is 133 Å². The van der Waals surface area contributed by atoms with Crippen molar-refractivity contribution < 1.29 is 4.74 Å². The number of rotatable bonds is 3. The molecule has 1 aliphatic heterocycles. The lowest BCUT2D eigenvalue weighted by molar-refractivity contribution is 0.417. The molecule has 110 valence electrons. The van der Waals surface area contributed by atoms with Gasteiger partial charge in [-0.15, -0.1) is 0 Å². The van der Waals surface area contributed by atoms with Gasteiger partial charge in [0.05, 0.1) is 29.7 Å². The number of nitrogens with one attached hydrogen (secondary N) is 1. The minimum absolute atomic E-state index is 0.850. The number of pyridine rings is 1. The third kappa shape index (κ3) is 2.20. The van der Waals surface area contributed by atoms with Gasteiger partial charge in [0.15, 0.2) is 0 Å². The average Bonchev–Trinajstić information content (AvgIpc) is 3.03. The van der Waals surface area contributed by atoms with Gasteiger partial charge in [-0.2, -0.15) is 11.8 Å². The summed E-state index contributed by atoms with van der Waals surface area (Å²) in [7, 11) is 1.70. The van der Waals surface area contributed by atoms with Crippen LogP contribution in [0, 0.1) is 0 Å². The van der Waals surface area contributed by atoms with E-state index in [2.05, 4.69) is 23.5 Å². The van der Waals surface area contributed by atoms with E-state index in [4.69, 9.17) is 9.72 Å². The van der Waals surface area contributed by atoms with Gasteiger partial charge in [0, 0.05) is 22.5 Å². The van der Waals surface area contributed by atoms with Crippen LogP contribution in [0.3, 0.4) is 0 Å². The van der Waals surface area contributed by atoms with Crippen molar-refractivity contribution in [2.75, 3.05) is 12.4 Å². The van der Waals surface area contributed by atoms with Crippen LogP contribution in [0.2, 0.25) is 0 Å². The van der Waals surface area contributed by atoms with E-state index in [1.807, 2.05) is 42.1 Å². The average molecular weight is 308 g/mol. The summed E-state index contributed by atoms with van der Waals surface area (Å²) < 4.78 is 5.47. The number of anilines is 2. The Morgan fingerprint density at radius 3 is 2.77 bits per heavy atom. The second-order valence-electron chi connectivity index (χ2n) is 5.25. The third-order valence-corrected chi connectivity index (χ3v) is 4.90. The van der Waals surface area contributed by atoms with Gasteiger partial charge >= 0.3 is 0 Å². The number of thioether (sulfide) groups is 1. The molecule has 2 heterocycles. The highest BCUT2D eigenvalue weighted by Gasteiger charge is 2.20. The quantitative estimate of drug-likeness (QED) is 0.758. The summed E-state index contributed by atoms with van der Waals surface area (Å²) in [5.41, 5.74) is 5.70. The summed E-state index contributed by atoms with van der Waals surface area (Å²) in [5.74, 6) is 2.84. The first kappa shape index (κ1) is 13.5. The Balaban J connectivity index is 1.91. The molecular formula is C18H16N2OS. The molecular weight excluding hydrogens is 292 g/mol. The molecule has 0 saturated heterocycles. The van der Waals surface area contributed by atoms with Gasteiger partial charge in [-0.05, 0) is 18.2 Å². The fourth-order valence-corrected chi connectivity index (χ4v) is 3.90. The Morgan fingerprint density at radius 1 is 1.05 bits per heavy atom. The Hall–Kier alpha value is -2.20. The van der Waals surface area contributed by atoms with Crippen LogP contribution in [0.5, 0.6) is 5.75 Å². The van der Waals surface area contributed by atoms with E-state index in [9.17, 15) is 0 Å². The van der Waals surface area contributed by atoms with E-state index >= 15 is 0 Å². The molecule has 2 aromatic carbocycles. The van der Waals surface area contributed by atoms with Crippen molar-refractivity contribution >= 4 is 34.0 Å². The van der Waals surface area contributed by atoms with Crippen LogP contribution in [0.1, 0.15) is 11.3 Å². The molecule has 0 fully saturated rings. The van der Waals surface area contributed by atoms with Gasteiger partial charge in [-0.3, -0.25) is 4.98 Å². The lowest BCUT2D eigenvalue weighted by atomic mass is 10.1. The highest BCUT2D eigenvalue weighted by molar-refractivity contribution is 7.98. The molecule has 4 rings (SSSR count). The van der Waals surface area contributed by atoms with Crippen LogP contribution in [0.4, 0.5) is 11.4 Å². The van der Waals surface area contributed by atoms with Crippen molar-refractivity contribution in [3.63, 3.8) is 0 Å². The number of hydrogen-bond donors (Lipinski definition) is 1. The molecule has 0 spiro atoms. The topological polar surface area (TPSA) is 34.1 Å². The van der Waals surface area contributed by atoms with E-state index in [1.54, 1.807) is 7.11 Å². The summed E-state index contributed by atoms with van der Waals surface area (Å²) in [4.78, 5) is 4.81. The number of nitrogens with zero attached hydrogens (tertiary/aromatic N) is 1. The van der Waals surface area contributed by atoms with Gasteiger partial charge in [0.1, 0.15) is 5.75 Å². The molecule has 1 aliphatic rings. The lowest BCUT2D eigenvalue weighted by Gasteiger charge is -2.16. The van der Waals surface area contributed by atoms with Gasteiger partial charge in [-0.1, -0.05) is 30.3 Å². The molecule has 0 atom stereocenters. The molecule has 0 amide bonds. The first-order valence-corrected chi connectivity index (χ1v) is 8.40. The van der Waals surface area contributed by atoms with Crippen molar-refractivity contribution in [2.45, 2.75) is 11.5 Å². The van der Waals surface area contributed by atoms with Gasteiger partial charge in [0.2, 0.25) is 0 Å². The van der Waals surface area contributed by atoms with E-state index < -0.39 is 0 Å². The fourth-order valence-electron chi connectivity index (χ4n) is 2.85. The predicted octanol–water partition coefficient (Wildman–Crippen LogP) is 4.73. The molecule has 0 radical (unpaired) electrons. The van der Waals surface area contributed by atoms with Crippen LogP contribution < -0.4 is 10.1 Å². The van der Waals surface area contributed by atoms with E-state index in [1.165, 1.54) is 11.3 Å². The molecule has 1 N–H and O–H groups in total. The fraction of sp³-hybridized carbons (Fsp3) is 0.167. The van der Waals surface area contributed by atoms with E-state index in [-0.39, 0.29) is 0 Å². The van der Waals surface area contributed by atoms with Gasteiger partial charge < -0.3 is 10.1 Å². The maximum atomic E-state index is 5.47. The molecule has 1 aromatic heterocycles. The molecule has 3 nitrogen and oxygen atoms in total. The van der Waals surface area contributed by atoms with Crippen molar-refractivity contribution in [2.24, 2.45) is 0 Å². The van der Waals surface area contributed by atoms with Crippen molar-refractivity contribution in [3.05, 3.63) is 59.8 Å². The van der Waals surface area contributed by atoms with Crippen molar-refractivity contribution in [1.29, 1.82) is 0 Å². The van der Waals surface area contributed by atoms with Crippen LogP contribution >= 0.6 is 11.8 Å². The highest BCUT2D eigenvalue weighted by atomic mass is 32.2. The van der Waals surface area contributed by atoms with Gasteiger partial charge in [-0.25, -0.2) is 0 Å². The summed E-state index contributed by atoms with van der Waals surface area (Å²) in [6, 6.07) is 16.3. The normalized spacial score (nSPS) is 13.1. The molecule has 0 saturated carbocycles. The van der Waals surface area contributed by atoms with Crippen LogP contribution in [0.25, 0.3) is 10.9 Å². The molecule has 0 aliphatic carbocycles. The van der Waals surface area contributed by atoms with Crippen LogP contribution in [0.15, 0.2) is 48.5 Å². The Kier molecular flexibility index (Phi) is 3.39. The number of hydrogen-bond acceptors (Lipinski definition) is 4. The maximum absolute atomic E-state index is 5.47. The zero-order chi connectivity index (χ0) is 14.9. The maximum Gasteiger partial charge on any atom is 0.142 e. The first-order chi connectivity index (χ1) is 10.9. The third-order valence-electron chi connectivity index (χ3n) is 3.93. The Bertz CT molecular complexity index is 848. The first-order valence-electron chi connectivity index (χ1n) is 7.25. The molecule has 0 unspecified atom stereocenters. The lowest BCUT2D eigenvalue weighted by Crippen LogP contribution is -2.01. The second kappa shape index (κ2) is 5.54. The summed E-state index contributed by atoms with van der Waals surface area (Å²) in [6.07, 6.45) is 0. The van der Waals surface area contributed by atoms with Crippen molar-refractivity contribution in [1.82, 2.24) is 4.98 Å². The summed E-state index contributed by atoms with van der Waals surface area (Å²) >= 11 is 1.91. The van der Waals surface area contributed by atoms with Crippen LogP contribution in [-0.4, -0.2) is 12.1 Å². The van der Waals surface area contributed by atoms with Crippen molar-refractivity contribution in [3.8, 4) is 5.75 Å². The number of fused-ring (bicyclic) bond motifs is 2. The highest BCUT2D eigenvalue weighted by Crippen LogP contribution is 2.40. The zero-order valence-electron chi connectivity index (χ0n) is 12.3. The molecule has 22 heavy (non-hydrogen) atoms. The SMILES string of the molecule is COc1ccccc1Nc1c2c(nc3ccccc13)CSC2. The predicted molar refractivity (Wildman–Crippen MR) is 93.0 cm³/mol. The minimum atomic E-state index is 0.850. The zero-order valence-corrected chi connectivity index (χ0v) is 13.1. The van der Waals surface area contributed by atoms with Crippen LogP contribution in [-0.2, 0) is 11.5 Å². The second-order valence-corrected chi connectivity index (χ2v) is 6.23. The summed E-state index contributed by atoms with van der Waals surface area (Å²) in [6.45, 7) is 0. The monoisotopic (exact) mass is 308 g/mol. The van der Waals surface area contributed by atoms with E-state index in [0.717, 1.165) is 39.5 Å². The number of aromatic nitrogens is 1. The smallest absolute Gasteiger partial charge is 0.142 e. The minimum Gasteiger partial charge on any atom is -0.495 e. The van der Waals surface area contributed by atoms with E-state index in [0.29, 0.717) is 0 Å². The molecule has 3 aromatic rings. The summed E-state index contributed by atoms with van der Waals surface area (Å²) in [5, 5.41) is 4.75. The molecule has 4 heteroatoms. The number of para-hydroxylation sites is 3. The Morgan fingerprint density at radius 2 is 1.86 bits per heavy atom. The van der Waals surface area contributed by atoms with Gasteiger partial charge in [0.25, 0.3) is 0 Å².